The molecule has 3 nitrogen and oxygen atoms in total. The molecule has 2 heterocycles. The van der Waals surface area contributed by atoms with E-state index in [0.717, 1.165) is 32.5 Å². The minimum atomic E-state index is 0.180. The quantitative estimate of drug-likeness (QED) is 0.822. The first-order chi connectivity index (χ1) is 11.6. The van der Waals surface area contributed by atoms with Gasteiger partial charge in [0.25, 0.3) is 0 Å². The maximum absolute atomic E-state index is 12.7. The number of likely N-dealkylation sites (tertiary alicyclic amines) is 1. The van der Waals surface area contributed by atoms with Crippen molar-refractivity contribution >= 4 is 17.2 Å². The lowest BCUT2D eigenvalue weighted by molar-refractivity contribution is -0.136. The van der Waals surface area contributed by atoms with Crippen LogP contribution in [0.2, 0.25) is 0 Å². The van der Waals surface area contributed by atoms with Crippen molar-refractivity contribution in [2.45, 2.75) is 32.9 Å². The van der Waals surface area contributed by atoms with Gasteiger partial charge in [0.05, 0.1) is 0 Å². The van der Waals surface area contributed by atoms with Gasteiger partial charge in [0.1, 0.15) is 0 Å². The first-order valence-electron chi connectivity index (χ1n) is 8.67. The lowest BCUT2D eigenvalue weighted by Crippen LogP contribution is -2.40. The molecule has 0 radical (unpaired) electrons. The molecular weight excluding hydrogens is 316 g/mol. The third kappa shape index (κ3) is 4.25. The van der Waals surface area contributed by atoms with Crippen molar-refractivity contribution in [2.75, 3.05) is 20.1 Å². The van der Waals surface area contributed by atoms with Crippen LogP contribution in [0.4, 0.5) is 0 Å². The van der Waals surface area contributed by atoms with Crippen LogP contribution in [0.25, 0.3) is 0 Å². The molecule has 0 spiro atoms. The third-order valence-electron chi connectivity index (χ3n) is 4.91. The Morgan fingerprint density at radius 3 is 2.54 bits per heavy atom. The van der Waals surface area contributed by atoms with E-state index in [1.165, 1.54) is 16.0 Å². The summed E-state index contributed by atoms with van der Waals surface area (Å²) in [6.07, 6.45) is 1.95. The second-order valence-electron chi connectivity index (χ2n) is 6.76. The number of aryl methyl sites for hydroxylation is 1. The first-order valence-corrected chi connectivity index (χ1v) is 9.55. The molecule has 1 aromatic heterocycles. The van der Waals surface area contributed by atoms with Crippen LogP contribution in [0, 0.1) is 12.8 Å². The Kier molecular flexibility index (Phi) is 5.69. The molecule has 1 aliphatic heterocycles. The summed E-state index contributed by atoms with van der Waals surface area (Å²) in [5.74, 6) is 0.477. The molecule has 128 valence electrons. The predicted octanol–water partition coefficient (Wildman–Crippen LogP) is 3.93. The highest BCUT2D eigenvalue weighted by Crippen LogP contribution is 2.24. The highest BCUT2D eigenvalue weighted by Gasteiger charge is 2.27. The number of nitrogens with zero attached hydrogens (tertiary/aromatic N) is 2. The molecule has 0 aliphatic carbocycles. The number of rotatable bonds is 5. The van der Waals surface area contributed by atoms with Crippen molar-refractivity contribution in [3.05, 3.63) is 57.8 Å². The fourth-order valence-electron chi connectivity index (χ4n) is 3.35. The van der Waals surface area contributed by atoms with Gasteiger partial charge in [0.2, 0.25) is 5.91 Å². The van der Waals surface area contributed by atoms with Crippen molar-refractivity contribution in [1.82, 2.24) is 9.80 Å². The number of benzene rings is 1. The lowest BCUT2D eigenvalue weighted by atomic mass is 9.95. The van der Waals surface area contributed by atoms with E-state index in [-0.39, 0.29) is 5.92 Å². The zero-order valence-electron chi connectivity index (χ0n) is 14.6. The molecule has 1 fully saturated rings. The van der Waals surface area contributed by atoms with Crippen LogP contribution in [0.15, 0.2) is 41.8 Å². The topological polar surface area (TPSA) is 23.6 Å². The molecule has 0 N–H and O–H groups in total. The van der Waals surface area contributed by atoms with Gasteiger partial charge in [-0.1, -0.05) is 30.3 Å². The highest BCUT2D eigenvalue weighted by atomic mass is 32.1. The normalized spacial score (nSPS) is 16.2. The van der Waals surface area contributed by atoms with Gasteiger partial charge in [-0.3, -0.25) is 9.69 Å². The summed E-state index contributed by atoms with van der Waals surface area (Å²) in [6, 6.07) is 12.4. The average molecular weight is 343 g/mol. The first kappa shape index (κ1) is 17.2. The number of thiophene rings is 1. The fourth-order valence-corrected chi connectivity index (χ4v) is 4.30. The molecule has 3 rings (SSSR count). The molecule has 0 bridgehead atoms. The summed E-state index contributed by atoms with van der Waals surface area (Å²) in [4.78, 5) is 18.5. The number of piperidine rings is 1. The van der Waals surface area contributed by atoms with Gasteiger partial charge >= 0.3 is 0 Å². The van der Waals surface area contributed by atoms with Gasteiger partial charge < -0.3 is 4.90 Å². The number of amides is 1. The second kappa shape index (κ2) is 7.95. The monoisotopic (exact) mass is 342 g/mol. The Balaban J connectivity index is 1.49. The average Bonchev–Trinajstić information content (AvgIpc) is 3.00. The van der Waals surface area contributed by atoms with Crippen LogP contribution in [0.1, 0.15) is 28.8 Å². The summed E-state index contributed by atoms with van der Waals surface area (Å²) in [7, 11) is 1.93. The molecule has 1 saturated heterocycles. The minimum Gasteiger partial charge on any atom is -0.341 e. The second-order valence-corrected chi connectivity index (χ2v) is 7.76. The van der Waals surface area contributed by atoms with Crippen molar-refractivity contribution < 1.29 is 4.79 Å². The summed E-state index contributed by atoms with van der Waals surface area (Å²) in [5.41, 5.74) is 2.58. The Morgan fingerprint density at radius 1 is 1.21 bits per heavy atom. The Hall–Kier alpha value is -1.65. The van der Waals surface area contributed by atoms with E-state index in [0.29, 0.717) is 12.5 Å². The third-order valence-corrected chi connectivity index (χ3v) is 5.92. The summed E-state index contributed by atoms with van der Waals surface area (Å²) in [5, 5.41) is 2.17. The van der Waals surface area contributed by atoms with E-state index in [1.54, 1.807) is 0 Å². The van der Waals surface area contributed by atoms with Crippen molar-refractivity contribution in [2.24, 2.45) is 5.92 Å². The minimum absolute atomic E-state index is 0.180. The molecule has 24 heavy (non-hydrogen) atoms. The zero-order chi connectivity index (χ0) is 16.9. The molecule has 0 saturated carbocycles. The lowest BCUT2D eigenvalue weighted by Gasteiger charge is -2.33. The molecule has 0 unspecified atom stereocenters. The van der Waals surface area contributed by atoms with Gasteiger partial charge in [-0.2, -0.15) is 0 Å². The molecular formula is C20H26N2OS. The maximum Gasteiger partial charge on any atom is 0.225 e. The van der Waals surface area contributed by atoms with Crippen LogP contribution in [-0.2, 0) is 17.9 Å². The highest BCUT2D eigenvalue weighted by molar-refractivity contribution is 7.10. The zero-order valence-corrected chi connectivity index (χ0v) is 15.4. The van der Waals surface area contributed by atoms with E-state index in [1.807, 2.05) is 41.5 Å². The Labute approximate surface area is 148 Å². The molecule has 1 aliphatic rings. The standard InChI is InChI=1S/C20H26N2OS/c1-16-10-13-24-19(16)15-22-11-8-18(9-12-22)20(23)21(2)14-17-6-4-3-5-7-17/h3-7,10,13,18H,8-9,11-12,14-15H2,1-2H3. The van der Waals surface area contributed by atoms with Gasteiger partial charge in [-0.25, -0.2) is 0 Å². The van der Waals surface area contributed by atoms with Gasteiger partial charge in [-0.15, -0.1) is 11.3 Å². The molecule has 0 atom stereocenters. The van der Waals surface area contributed by atoms with Crippen LogP contribution in [0.5, 0.6) is 0 Å². The fraction of sp³-hybridized carbons (Fsp3) is 0.450. The van der Waals surface area contributed by atoms with Crippen LogP contribution in [-0.4, -0.2) is 35.8 Å². The van der Waals surface area contributed by atoms with E-state index in [9.17, 15) is 4.79 Å². The van der Waals surface area contributed by atoms with Crippen molar-refractivity contribution in [3.8, 4) is 0 Å². The molecule has 4 heteroatoms. The number of hydrogen-bond acceptors (Lipinski definition) is 3. The largest absolute Gasteiger partial charge is 0.341 e. The predicted molar refractivity (Wildman–Crippen MR) is 100.0 cm³/mol. The van der Waals surface area contributed by atoms with Gasteiger partial charge in [0, 0.05) is 30.9 Å². The van der Waals surface area contributed by atoms with Crippen LogP contribution < -0.4 is 0 Å². The molecule has 2 aromatic rings. The van der Waals surface area contributed by atoms with E-state index < -0.39 is 0 Å². The number of carbonyl (C=O) groups excluding carboxylic acids is 1. The number of hydrogen-bond donors (Lipinski definition) is 0. The number of carbonyl (C=O) groups is 1. The van der Waals surface area contributed by atoms with Crippen LogP contribution >= 0.6 is 11.3 Å². The van der Waals surface area contributed by atoms with E-state index in [2.05, 4.69) is 35.4 Å². The van der Waals surface area contributed by atoms with Crippen LogP contribution in [0.3, 0.4) is 0 Å². The van der Waals surface area contributed by atoms with E-state index >= 15 is 0 Å². The Morgan fingerprint density at radius 2 is 1.92 bits per heavy atom. The maximum atomic E-state index is 12.7. The Bertz CT molecular complexity index is 659. The summed E-state index contributed by atoms with van der Waals surface area (Å²) < 4.78 is 0. The molecule has 1 aromatic carbocycles. The van der Waals surface area contributed by atoms with Gasteiger partial charge in [-0.05, 0) is 55.4 Å². The van der Waals surface area contributed by atoms with Crippen molar-refractivity contribution in [3.63, 3.8) is 0 Å². The van der Waals surface area contributed by atoms with Crippen molar-refractivity contribution in [1.29, 1.82) is 0 Å². The summed E-state index contributed by atoms with van der Waals surface area (Å²) in [6.45, 7) is 5.96. The van der Waals surface area contributed by atoms with Gasteiger partial charge in [0.15, 0.2) is 0 Å². The SMILES string of the molecule is Cc1ccsc1CN1CCC(C(=O)N(C)Cc2ccccc2)CC1. The molecule has 1 amide bonds. The summed E-state index contributed by atoms with van der Waals surface area (Å²) >= 11 is 1.84. The van der Waals surface area contributed by atoms with E-state index in [4.69, 9.17) is 0 Å². The smallest absolute Gasteiger partial charge is 0.225 e.